The fourth-order valence-electron chi connectivity index (χ4n) is 3.28. The fraction of sp³-hybridized carbons (Fsp3) is 0.381. The van der Waals surface area contributed by atoms with E-state index in [2.05, 4.69) is 53.0 Å². The SMILES string of the molecule is CC(C)[C@H]1CN(Cc2nc3ncccc3o2)C[C@@H](c2ccccc2)O1.O=CO. The number of carbonyl (C=O) groups is 1. The van der Waals surface area contributed by atoms with Crippen LogP contribution in [0, 0.1) is 5.92 Å². The zero-order chi connectivity index (χ0) is 19.9. The van der Waals surface area contributed by atoms with E-state index in [9.17, 15) is 0 Å². The molecule has 0 spiro atoms. The largest absolute Gasteiger partial charge is 0.483 e. The van der Waals surface area contributed by atoms with Gasteiger partial charge in [0.05, 0.1) is 18.8 Å². The number of nitrogens with zero attached hydrogens (tertiary/aromatic N) is 3. The van der Waals surface area contributed by atoms with Crippen LogP contribution in [0.4, 0.5) is 0 Å². The van der Waals surface area contributed by atoms with Gasteiger partial charge in [-0.2, -0.15) is 4.98 Å². The van der Waals surface area contributed by atoms with E-state index in [0.717, 1.165) is 18.7 Å². The summed E-state index contributed by atoms with van der Waals surface area (Å²) in [4.78, 5) is 19.5. The van der Waals surface area contributed by atoms with Gasteiger partial charge in [0.2, 0.25) is 5.89 Å². The fourth-order valence-corrected chi connectivity index (χ4v) is 3.28. The van der Waals surface area contributed by atoms with E-state index in [0.29, 0.717) is 24.0 Å². The summed E-state index contributed by atoms with van der Waals surface area (Å²) < 4.78 is 12.2. The van der Waals surface area contributed by atoms with Gasteiger partial charge in [-0.1, -0.05) is 44.2 Å². The van der Waals surface area contributed by atoms with Crippen molar-refractivity contribution < 1.29 is 19.1 Å². The Morgan fingerprint density at radius 1 is 1.21 bits per heavy atom. The van der Waals surface area contributed by atoms with Crippen molar-refractivity contribution >= 4 is 17.7 Å². The molecule has 2 aromatic heterocycles. The van der Waals surface area contributed by atoms with E-state index in [1.165, 1.54) is 5.56 Å². The number of benzene rings is 1. The molecule has 0 aliphatic carbocycles. The van der Waals surface area contributed by atoms with Gasteiger partial charge in [-0.15, -0.1) is 0 Å². The summed E-state index contributed by atoms with van der Waals surface area (Å²) in [5.41, 5.74) is 2.63. The van der Waals surface area contributed by atoms with Gasteiger partial charge in [-0.25, -0.2) is 4.98 Å². The number of ether oxygens (including phenoxy) is 1. The Morgan fingerprint density at radius 2 is 1.96 bits per heavy atom. The molecule has 7 nitrogen and oxygen atoms in total. The molecule has 1 fully saturated rings. The highest BCUT2D eigenvalue weighted by molar-refractivity contribution is 5.66. The summed E-state index contributed by atoms with van der Waals surface area (Å²) in [6, 6.07) is 14.2. The number of oxazole rings is 1. The Balaban J connectivity index is 0.000000706. The maximum atomic E-state index is 8.36. The first-order valence-electron chi connectivity index (χ1n) is 9.31. The summed E-state index contributed by atoms with van der Waals surface area (Å²) >= 11 is 0. The Bertz CT molecular complexity index is 849. The van der Waals surface area contributed by atoms with Gasteiger partial charge >= 0.3 is 0 Å². The van der Waals surface area contributed by atoms with E-state index >= 15 is 0 Å². The van der Waals surface area contributed by atoms with Gasteiger partial charge in [0.1, 0.15) is 0 Å². The predicted octanol–water partition coefficient (Wildman–Crippen LogP) is 3.52. The Hall–Kier alpha value is -2.77. The van der Waals surface area contributed by atoms with E-state index in [-0.39, 0.29) is 18.7 Å². The molecule has 0 unspecified atom stereocenters. The zero-order valence-corrected chi connectivity index (χ0v) is 16.1. The molecule has 0 radical (unpaired) electrons. The lowest BCUT2D eigenvalue weighted by Gasteiger charge is -2.39. The molecule has 1 N–H and O–H groups in total. The van der Waals surface area contributed by atoms with Crippen LogP contribution in [0.5, 0.6) is 0 Å². The second-order valence-electron chi connectivity index (χ2n) is 7.05. The van der Waals surface area contributed by atoms with Crippen molar-refractivity contribution in [2.24, 2.45) is 5.92 Å². The summed E-state index contributed by atoms with van der Waals surface area (Å²) in [6.45, 7) is 6.55. The van der Waals surface area contributed by atoms with Crippen LogP contribution in [0.15, 0.2) is 53.1 Å². The van der Waals surface area contributed by atoms with Crippen molar-refractivity contribution in [2.75, 3.05) is 13.1 Å². The van der Waals surface area contributed by atoms with Crippen LogP contribution in [-0.4, -0.2) is 45.6 Å². The van der Waals surface area contributed by atoms with Gasteiger partial charge in [0.15, 0.2) is 11.2 Å². The highest BCUT2D eigenvalue weighted by Gasteiger charge is 2.31. The van der Waals surface area contributed by atoms with E-state index in [1.807, 2.05) is 18.2 Å². The first-order valence-corrected chi connectivity index (χ1v) is 9.31. The topological polar surface area (TPSA) is 88.7 Å². The van der Waals surface area contributed by atoms with E-state index in [1.54, 1.807) is 6.20 Å². The standard InChI is InChI=1S/C20H23N3O2.CH2O2/c1-14(2)17-11-23(12-18(24-17)15-7-4-3-5-8-15)13-19-22-20-16(25-19)9-6-10-21-20;2-1-3/h3-10,14,17-18H,11-13H2,1-2H3;1H,(H,2,3)/t17-,18+;/m1./s1. The van der Waals surface area contributed by atoms with E-state index in [4.69, 9.17) is 19.1 Å². The van der Waals surface area contributed by atoms with E-state index < -0.39 is 0 Å². The first-order chi connectivity index (χ1) is 13.6. The van der Waals surface area contributed by atoms with Gasteiger partial charge < -0.3 is 14.3 Å². The lowest BCUT2D eigenvalue weighted by molar-refractivity contribution is -0.122. The number of hydrogen-bond donors (Lipinski definition) is 1. The minimum atomic E-state index is -0.250. The van der Waals surface area contributed by atoms with Crippen LogP contribution in [-0.2, 0) is 16.1 Å². The zero-order valence-electron chi connectivity index (χ0n) is 16.1. The minimum absolute atomic E-state index is 0.0739. The average molecular weight is 383 g/mol. The van der Waals surface area contributed by atoms with Gasteiger partial charge in [-0.05, 0) is 23.6 Å². The number of fused-ring (bicyclic) bond motifs is 1. The third-order valence-corrected chi connectivity index (χ3v) is 4.68. The van der Waals surface area contributed by atoms with Gasteiger partial charge in [0.25, 0.3) is 6.47 Å². The molecular weight excluding hydrogens is 358 g/mol. The molecule has 3 heterocycles. The molecule has 1 aliphatic heterocycles. The number of morpholine rings is 1. The first kappa shape index (κ1) is 20.0. The van der Waals surface area contributed by atoms with Gasteiger partial charge in [-0.3, -0.25) is 9.69 Å². The molecule has 0 amide bonds. The van der Waals surface area contributed by atoms with Crippen LogP contribution in [0.1, 0.15) is 31.4 Å². The maximum Gasteiger partial charge on any atom is 0.290 e. The third kappa shape index (κ3) is 4.94. The van der Waals surface area contributed by atoms with Crippen molar-refractivity contribution in [3.63, 3.8) is 0 Å². The predicted molar refractivity (Wildman–Crippen MR) is 105 cm³/mol. The summed E-state index contributed by atoms with van der Waals surface area (Å²) in [7, 11) is 0. The van der Waals surface area contributed by atoms with Crippen molar-refractivity contribution in [1.82, 2.24) is 14.9 Å². The molecule has 1 aliphatic rings. The molecule has 28 heavy (non-hydrogen) atoms. The molecule has 148 valence electrons. The monoisotopic (exact) mass is 383 g/mol. The second kappa shape index (κ2) is 9.43. The average Bonchev–Trinajstić information content (AvgIpc) is 3.11. The molecule has 4 rings (SSSR count). The molecular formula is C21H25N3O4. The molecule has 2 atom stereocenters. The van der Waals surface area contributed by atoms with Crippen LogP contribution in [0.3, 0.4) is 0 Å². The number of pyridine rings is 1. The normalized spacial score (nSPS) is 20.0. The number of hydrogen-bond acceptors (Lipinski definition) is 6. The number of carboxylic acid groups (broad SMARTS) is 1. The summed E-state index contributed by atoms with van der Waals surface area (Å²) in [5, 5.41) is 6.89. The smallest absolute Gasteiger partial charge is 0.290 e. The molecule has 3 aromatic rings. The molecule has 1 aromatic carbocycles. The summed E-state index contributed by atoms with van der Waals surface area (Å²) in [5.74, 6) is 1.17. The van der Waals surface area contributed by atoms with Crippen molar-refractivity contribution in [2.45, 2.75) is 32.6 Å². The molecule has 1 saturated heterocycles. The highest BCUT2D eigenvalue weighted by Crippen LogP contribution is 2.29. The van der Waals surface area contributed by atoms with Crippen LogP contribution >= 0.6 is 0 Å². The Kier molecular flexibility index (Phi) is 6.73. The lowest BCUT2D eigenvalue weighted by Crippen LogP contribution is -2.45. The maximum absolute atomic E-state index is 8.36. The quantitative estimate of drug-likeness (QED) is 0.690. The molecule has 7 heteroatoms. The molecule has 0 bridgehead atoms. The van der Waals surface area contributed by atoms with Gasteiger partial charge in [0, 0.05) is 19.3 Å². The Morgan fingerprint density at radius 3 is 2.64 bits per heavy atom. The van der Waals surface area contributed by atoms with Crippen LogP contribution < -0.4 is 0 Å². The van der Waals surface area contributed by atoms with Crippen molar-refractivity contribution in [3.05, 3.63) is 60.1 Å². The number of rotatable bonds is 4. The lowest BCUT2D eigenvalue weighted by atomic mass is 10.0. The highest BCUT2D eigenvalue weighted by atomic mass is 16.5. The van der Waals surface area contributed by atoms with Crippen LogP contribution in [0.2, 0.25) is 0 Å². The van der Waals surface area contributed by atoms with Crippen molar-refractivity contribution in [1.29, 1.82) is 0 Å². The second-order valence-corrected chi connectivity index (χ2v) is 7.05. The minimum Gasteiger partial charge on any atom is -0.483 e. The van der Waals surface area contributed by atoms with Crippen LogP contribution in [0.25, 0.3) is 11.2 Å². The number of aromatic nitrogens is 2. The summed E-state index contributed by atoms with van der Waals surface area (Å²) in [6.07, 6.45) is 2.01. The Labute approximate surface area is 164 Å². The third-order valence-electron chi connectivity index (χ3n) is 4.68. The molecule has 0 saturated carbocycles. The van der Waals surface area contributed by atoms with Crippen molar-refractivity contribution in [3.8, 4) is 0 Å².